The molecule has 1 aromatic carbocycles. The zero-order valence-corrected chi connectivity index (χ0v) is 12.7. The number of nitrogens with one attached hydrogen (secondary N) is 1. The van der Waals surface area contributed by atoms with Crippen LogP contribution in [0.2, 0.25) is 0 Å². The van der Waals surface area contributed by atoms with Crippen LogP contribution in [-0.4, -0.2) is 12.0 Å². The number of hydrogen-bond donors (Lipinski definition) is 1. The van der Waals surface area contributed by atoms with Crippen LogP contribution in [0.25, 0.3) is 0 Å². The third-order valence-electron chi connectivity index (χ3n) is 4.23. The Hall–Kier alpha value is -1.87. The summed E-state index contributed by atoms with van der Waals surface area (Å²) in [6.45, 7) is 2.10. The third kappa shape index (κ3) is 3.08. The lowest BCUT2D eigenvalue weighted by Gasteiger charge is -2.26. The van der Waals surface area contributed by atoms with Crippen molar-refractivity contribution in [2.45, 2.75) is 38.3 Å². The zero-order chi connectivity index (χ0) is 14.7. The third-order valence-corrected chi connectivity index (χ3v) is 4.23. The van der Waals surface area contributed by atoms with Crippen molar-refractivity contribution in [2.24, 2.45) is 0 Å². The van der Waals surface area contributed by atoms with Gasteiger partial charge in [-0.1, -0.05) is 24.3 Å². The summed E-state index contributed by atoms with van der Waals surface area (Å²) in [5, 5.41) is 3.19. The van der Waals surface area contributed by atoms with Gasteiger partial charge in [0.25, 0.3) is 0 Å². The van der Waals surface area contributed by atoms with E-state index >= 15 is 0 Å². The van der Waals surface area contributed by atoms with Crippen molar-refractivity contribution in [3.8, 4) is 5.75 Å². The van der Waals surface area contributed by atoms with Crippen LogP contribution < -0.4 is 10.1 Å². The topological polar surface area (TPSA) is 34.1 Å². The predicted molar refractivity (Wildman–Crippen MR) is 84.5 cm³/mol. The van der Waals surface area contributed by atoms with E-state index in [4.69, 9.17) is 4.74 Å². The van der Waals surface area contributed by atoms with Gasteiger partial charge in [0.2, 0.25) is 0 Å². The van der Waals surface area contributed by atoms with Gasteiger partial charge in [0.1, 0.15) is 11.9 Å². The van der Waals surface area contributed by atoms with Crippen LogP contribution in [0.5, 0.6) is 5.75 Å². The van der Waals surface area contributed by atoms with Crippen LogP contribution in [-0.2, 0) is 6.42 Å². The van der Waals surface area contributed by atoms with Crippen molar-refractivity contribution in [1.29, 1.82) is 0 Å². The molecule has 110 valence electrons. The van der Waals surface area contributed by atoms with Gasteiger partial charge in [-0.15, -0.1) is 0 Å². The molecule has 2 aromatic rings. The molecule has 0 spiro atoms. The Morgan fingerprint density at radius 1 is 1.24 bits per heavy atom. The molecule has 3 nitrogen and oxygen atoms in total. The summed E-state index contributed by atoms with van der Waals surface area (Å²) in [7, 11) is 1.94. The monoisotopic (exact) mass is 282 g/mol. The molecule has 1 N–H and O–H groups in total. The van der Waals surface area contributed by atoms with E-state index in [1.165, 1.54) is 17.5 Å². The van der Waals surface area contributed by atoms with Crippen LogP contribution in [0.3, 0.4) is 0 Å². The van der Waals surface area contributed by atoms with Gasteiger partial charge in [0.15, 0.2) is 0 Å². The molecule has 1 aliphatic carbocycles. The number of aryl methyl sites for hydroxylation is 1. The highest BCUT2D eigenvalue weighted by Gasteiger charge is 2.21. The van der Waals surface area contributed by atoms with Gasteiger partial charge in [-0.25, -0.2) is 0 Å². The lowest BCUT2D eigenvalue weighted by atomic mass is 9.89. The summed E-state index contributed by atoms with van der Waals surface area (Å²) in [4.78, 5) is 4.48. The largest absolute Gasteiger partial charge is 0.484 e. The molecule has 2 atom stereocenters. The standard InChI is InChI=1S/C18H22N2O/c1-13(19-2)17-11-10-15(12-20-17)21-18-9-5-7-14-6-3-4-8-16(14)18/h3-4,6,8,10-13,18-19H,5,7,9H2,1-2H3. The molecular formula is C18H22N2O. The van der Waals surface area contributed by atoms with Crippen molar-refractivity contribution in [3.63, 3.8) is 0 Å². The van der Waals surface area contributed by atoms with E-state index in [0.717, 1.165) is 24.3 Å². The fraction of sp³-hybridized carbons (Fsp3) is 0.389. The lowest BCUT2D eigenvalue weighted by Crippen LogP contribution is -2.16. The van der Waals surface area contributed by atoms with Crippen LogP contribution in [0, 0.1) is 0 Å². The number of rotatable bonds is 4. The molecule has 0 saturated heterocycles. The molecule has 1 aliphatic rings. The van der Waals surface area contributed by atoms with Crippen molar-refractivity contribution >= 4 is 0 Å². The minimum atomic E-state index is 0.157. The number of fused-ring (bicyclic) bond motifs is 1. The second-order valence-electron chi connectivity index (χ2n) is 5.63. The summed E-state index contributed by atoms with van der Waals surface area (Å²) in [6, 6.07) is 12.9. The Kier molecular flexibility index (Phi) is 4.20. The first kappa shape index (κ1) is 14.1. The second-order valence-corrected chi connectivity index (χ2v) is 5.63. The van der Waals surface area contributed by atoms with E-state index in [0.29, 0.717) is 0 Å². The van der Waals surface area contributed by atoms with Crippen molar-refractivity contribution in [1.82, 2.24) is 10.3 Å². The van der Waals surface area contributed by atoms with Crippen molar-refractivity contribution in [2.75, 3.05) is 7.05 Å². The maximum Gasteiger partial charge on any atom is 0.138 e. The summed E-state index contributed by atoms with van der Waals surface area (Å²) >= 11 is 0. The van der Waals surface area contributed by atoms with Crippen LogP contribution in [0.15, 0.2) is 42.6 Å². The summed E-state index contributed by atoms with van der Waals surface area (Å²) < 4.78 is 6.17. The summed E-state index contributed by atoms with van der Waals surface area (Å²) in [5.74, 6) is 0.851. The fourth-order valence-electron chi connectivity index (χ4n) is 2.86. The lowest BCUT2D eigenvalue weighted by molar-refractivity contribution is 0.182. The first-order chi connectivity index (χ1) is 10.3. The predicted octanol–water partition coefficient (Wildman–Crippen LogP) is 3.82. The maximum absolute atomic E-state index is 6.17. The number of nitrogens with zero attached hydrogens (tertiary/aromatic N) is 1. The van der Waals surface area contributed by atoms with E-state index in [1.807, 2.05) is 25.4 Å². The van der Waals surface area contributed by atoms with Crippen LogP contribution in [0.4, 0.5) is 0 Å². The molecule has 0 bridgehead atoms. The Labute approximate surface area is 126 Å². The fourth-order valence-corrected chi connectivity index (χ4v) is 2.86. The van der Waals surface area contributed by atoms with Gasteiger partial charge < -0.3 is 10.1 Å². The van der Waals surface area contributed by atoms with E-state index in [9.17, 15) is 0 Å². The number of aromatic nitrogens is 1. The minimum absolute atomic E-state index is 0.157. The van der Waals surface area contributed by atoms with Gasteiger partial charge in [-0.05, 0) is 56.5 Å². The first-order valence-electron chi connectivity index (χ1n) is 7.65. The normalized spacial score (nSPS) is 18.9. The van der Waals surface area contributed by atoms with Gasteiger partial charge >= 0.3 is 0 Å². The average molecular weight is 282 g/mol. The number of benzene rings is 1. The molecule has 3 rings (SSSR count). The van der Waals surface area contributed by atoms with Crippen LogP contribution >= 0.6 is 0 Å². The van der Waals surface area contributed by atoms with Crippen molar-refractivity contribution in [3.05, 3.63) is 59.4 Å². The minimum Gasteiger partial charge on any atom is -0.484 e. The Balaban J connectivity index is 1.76. The van der Waals surface area contributed by atoms with Crippen LogP contribution in [0.1, 0.15) is 48.7 Å². The SMILES string of the molecule is CNC(C)c1ccc(OC2CCCc3ccccc32)cn1. The molecule has 2 unspecified atom stereocenters. The summed E-state index contributed by atoms with van der Waals surface area (Å²) in [5.41, 5.74) is 3.78. The highest BCUT2D eigenvalue weighted by atomic mass is 16.5. The number of ether oxygens (including phenoxy) is 1. The highest BCUT2D eigenvalue weighted by Crippen LogP contribution is 2.33. The van der Waals surface area contributed by atoms with E-state index in [1.54, 1.807) is 0 Å². The molecule has 1 aromatic heterocycles. The smallest absolute Gasteiger partial charge is 0.138 e. The Morgan fingerprint density at radius 3 is 2.86 bits per heavy atom. The molecule has 0 radical (unpaired) electrons. The van der Waals surface area contributed by atoms with Gasteiger partial charge in [-0.2, -0.15) is 0 Å². The molecule has 0 aliphatic heterocycles. The van der Waals surface area contributed by atoms with E-state index in [-0.39, 0.29) is 12.1 Å². The van der Waals surface area contributed by atoms with E-state index < -0.39 is 0 Å². The highest BCUT2D eigenvalue weighted by molar-refractivity contribution is 5.32. The van der Waals surface area contributed by atoms with E-state index in [2.05, 4.69) is 41.5 Å². The first-order valence-corrected chi connectivity index (χ1v) is 7.65. The average Bonchev–Trinajstić information content (AvgIpc) is 2.55. The van der Waals surface area contributed by atoms with Gasteiger partial charge in [-0.3, -0.25) is 4.98 Å². The molecule has 0 fully saturated rings. The Bertz CT molecular complexity index is 594. The van der Waals surface area contributed by atoms with Gasteiger partial charge in [0, 0.05) is 6.04 Å². The number of hydrogen-bond acceptors (Lipinski definition) is 3. The molecule has 0 saturated carbocycles. The zero-order valence-electron chi connectivity index (χ0n) is 12.7. The molecule has 21 heavy (non-hydrogen) atoms. The Morgan fingerprint density at radius 2 is 2.10 bits per heavy atom. The molecule has 0 amide bonds. The quantitative estimate of drug-likeness (QED) is 0.925. The van der Waals surface area contributed by atoms with Gasteiger partial charge in [0.05, 0.1) is 11.9 Å². The van der Waals surface area contributed by atoms with Crippen molar-refractivity contribution < 1.29 is 4.74 Å². The summed E-state index contributed by atoms with van der Waals surface area (Å²) in [6.07, 6.45) is 5.41. The number of pyridine rings is 1. The molecule has 3 heteroatoms. The second kappa shape index (κ2) is 6.27. The maximum atomic E-state index is 6.17. The molecular weight excluding hydrogens is 260 g/mol. The molecule has 1 heterocycles.